The molecule has 0 spiro atoms. The van der Waals surface area contributed by atoms with Crippen LogP contribution >= 0.6 is 11.3 Å². The Balaban J connectivity index is 2.01. The number of rotatable bonds is 6. The zero-order valence-corrected chi connectivity index (χ0v) is 14.4. The predicted molar refractivity (Wildman–Crippen MR) is 93.1 cm³/mol. The molecule has 1 saturated heterocycles. The number of aliphatic carboxylic acids is 1. The van der Waals surface area contributed by atoms with Gasteiger partial charge in [0, 0.05) is 31.4 Å². The van der Waals surface area contributed by atoms with Crippen LogP contribution < -0.4 is 0 Å². The largest absolute Gasteiger partial charge is 0.481 e. The van der Waals surface area contributed by atoms with Crippen LogP contribution in [0.2, 0.25) is 0 Å². The lowest BCUT2D eigenvalue weighted by atomic mass is 9.84. The van der Waals surface area contributed by atoms with E-state index in [4.69, 9.17) is 4.74 Å². The van der Waals surface area contributed by atoms with Crippen LogP contribution in [0.3, 0.4) is 0 Å². The molecule has 0 aliphatic carbocycles. The quantitative estimate of drug-likeness (QED) is 0.814. The number of carboxylic acids is 1. The van der Waals surface area contributed by atoms with Gasteiger partial charge >= 0.3 is 5.97 Å². The highest BCUT2D eigenvalue weighted by atomic mass is 32.1. The van der Waals surface area contributed by atoms with Crippen LogP contribution in [0, 0.1) is 5.92 Å². The van der Waals surface area contributed by atoms with Crippen molar-refractivity contribution in [2.24, 2.45) is 5.92 Å². The lowest BCUT2D eigenvalue weighted by molar-refractivity contribution is -0.152. The van der Waals surface area contributed by atoms with E-state index in [1.165, 1.54) is 0 Å². The Morgan fingerprint density at radius 2 is 2.21 bits per heavy atom. The number of fused-ring (bicyclic) bond motifs is 1. The van der Waals surface area contributed by atoms with E-state index in [2.05, 4.69) is 0 Å². The van der Waals surface area contributed by atoms with Gasteiger partial charge in [-0.25, -0.2) is 0 Å². The summed E-state index contributed by atoms with van der Waals surface area (Å²) < 4.78 is 6.20. The molecule has 1 N–H and O–H groups in total. The molecular formula is C18H21NO4S. The van der Waals surface area contributed by atoms with Gasteiger partial charge in [-0.05, 0) is 35.2 Å². The van der Waals surface area contributed by atoms with Crippen LogP contribution in [0.4, 0.5) is 0 Å². The van der Waals surface area contributed by atoms with Gasteiger partial charge in [0.15, 0.2) is 0 Å². The third kappa shape index (κ3) is 3.16. The Morgan fingerprint density at radius 3 is 2.96 bits per heavy atom. The van der Waals surface area contributed by atoms with E-state index in [1.807, 2.05) is 29.6 Å². The Morgan fingerprint density at radius 1 is 1.42 bits per heavy atom. The maximum absolute atomic E-state index is 12.5. The number of methoxy groups -OCH3 is 1. The van der Waals surface area contributed by atoms with Gasteiger partial charge in [0.25, 0.3) is 0 Å². The third-order valence-corrected chi connectivity index (χ3v) is 5.58. The summed E-state index contributed by atoms with van der Waals surface area (Å²) in [6.45, 7) is 1.07. The minimum Gasteiger partial charge on any atom is -0.481 e. The smallest absolute Gasteiger partial charge is 0.308 e. The molecule has 5 nitrogen and oxygen atoms in total. The summed E-state index contributed by atoms with van der Waals surface area (Å²) in [6, 6.07) is 7.55. The minimum atomic E-state index is -0.834. The molecule has 1 aliphatic heterocycles. The van der Waals surface area contributed by atoms with E-state index in [9.17, 15) is 14.7 Å². The van der Waals surface area contributed by atoms with Crippen LogP contribution in [-0.4, -0.2) is 42.1 Å². The molecule has 2 heterocycles. The molecule has 1 aliphatic rings. The summed E-state index contributed by atoms with van der Waals surface area (Å²) in [6.07, 6.45) is 1.39. The highest BCUT2D eigenvalue weighted by Crippen LogP contribution is 2.42. The Hall–Kier alpha value is -1.92. The molecule has 6 heteroatoms. The van der Waals surface area contributed by atoms with Crippen molar-refractivity contribution in [1.82, 2.24) is 4.90 Å². The lowest BCUT2D eigenvalue weighted by Crippen LogP contribution is -2.45. The summed E-state index contributed by atoms with van der Waals surface area (Å²) in [7, 11) is 1.63. The molecular weight excluding hydrogens is 326 g/mol. The number of carboxylic acid groups (broad SMARTS) is 1. The normalized spacial score (nSPS) is 21.4. The fourth-order valence-corrected chi connectivity index (χ4v) is 4.46. The van der Waals surface area contributed by atoms with Gasteiger partial charge in [-0.3, -0.25) is 9.59 Å². The number of carbonyl (C=O) groups is 2. The maximum atomic E-state index is 12.5. The van der Waals surface area contributed by atoms with Gasteiger partial charge < -0.3 is 14.7 Å². The number of piperidine rings is 1. The second-order valence-corrected chi connectivity index (χ2v) is 6.96. The van der Waals surface area contributed by atoms with Gasteiger partial charge in [0.1, 0.15) is 0 Å². The molecule has 1 aromatic carbocycles. The lowest BCUT2D eigenvalue weighted by Gasteiger charge is -2.39. The number of carbonyl (C=O) groups excluding carboxylic acids is 1. The first kappa shape index (κ1) is 16.9. The minimum absolute atomic E-state index is 0.0314. The highest BCUT2D eigenvalue weighted by molar-refractivity contribution is 7.17. The number of amides is 1. The van der Waals surface area contributed by atoms with Crippen molar-refractivity contribution in [3.63, 3.8) is 0 Å². The number of nitrogens with zero attached hydrogens (tertiary/aromatic N) is 1. The van der Waals surface area contributed by atoms with E-state index in [0.29, 0.717) is 32.4 Å². The van der Waals surface area contributed by atoms with Crippen molar-refractivity contribution < 1.29 is 19.4 Å². The number of hydrogen-bond acceptors (Lipinski definition) is 4. The molecule has 2 aromatic rings. The third-order valence-electron chi connectivity index (χ3n) is 4.60. The molecule has 128 valence electrons. The zero-order chi connectivity index (χ0) is 17.1. The van der Waals surface area contributed by atoms with Gasteiger partial charge in [-0.15, -0.1) is 11.3 Å². The van der Waals surface area contributed by atoms with Gasteiger partial charge in [-0.1, -0.05) is 18.2 Å². The Labute approximate surface area is 144 Å². The van der Waals surface area contributed by atoms with Crippen LogP contribution in [0.1, 0.15) is 30.9 Å². The number of benzene rings is 1. The molecule has 0 bridgehead atoms. The predicted octanol–water partition coefficient (Wildman–Crippen LogP) is 3.30. The number of hydrogen-bond donors (Lipinski definition) is 1. The fourth-order valence-electron chi connectivity index (χ4n) is 3.47. The second kappa shape index (κ2) is 7.32. The monoisotopic (exact) mass is 347 g/mol. The number of likely N-dealkylation sites (tertiary alicyclic amines) is 1. The summed E-state index contributed by atoms with van der Waals surface area (Å²) in [4.78, 5) is 26.1. The van der Waals surface area contributed by atoms with Crippen molar-refractivity contribution in [2.75, 3.05) is 20.3 Å². The fraction of sp³-hybridized carbons (Fsp3) is 0.444. The molecule has 0 unspecified atom stereocenters. The van der Waals surface area contributed by atoms with Gasteiger partial charge in [-0.2, -0.15) is 0 Å². The molecule has 0 radical (unpaired) electrons. The molecule has 2 atom stereocenters. The van der Waals surface area contributed by atoms with Crippen molar-refractivity contribution >= 4 is 33.3 Å². The zero-order valence-electron chi connectivity index (χ0n) is 13.6. The van der Waals surface area contributed by atoms with Crippen LogP contribution in [-0.2, 0) is 14.3 Å². The average Bonchev–Trinajstić information content (AvgIpc) is 2.99. The summed E-state index contributed by atoms with van der Waals surface area (Å²) >= 11 is 1.60. The topological polar surface area (TPSA) is 66.8 Å². The van der Waals surface area contributed by atoms with E-state index in [1.54, 1.807) is 23.3 Å². The van der Waals surface area contributed by atoms with E-state index < -0.39 is 17.9 Å². The molecule has 1 aromatic heterocycles. The van der Waals surface area contributed by atoms with E-state index >= 15 is 0 Å². The molecule has 0 saturated carbocycles. The van der Waals surface area contributed by atoms with Crippen molar-refractivity contribution in [3.05, 3.63) is 35.2 Å². The van der Waals surface area contributed by atoms with Crippen molar-refractivity contribution in [3.8, 4) is 0 Å². The van der Waals surface area contributed by atoms with Crippen LogP contribution in [0.5, 0.6) is 0 Å². The first-order valence-electron chi connectivity index (χ1n) is 8.11. The molecule has 24 heavy (non-hydrogen) atoms. The summed E-state index contributed by atoms with van der Waals surface area (Å²) in [5.41, 5.74) is 0.952. The molecule has 3 rings (SSSR count). The van der Waals surface area contributed by atoms with E-state index in [0.717, 1.165) is 15.6 Å². The van der Waals surface area contributed by atoms with E-state index in [-0.39, 0.29) is 5.91 Å². The van der Waals surface area contributed by atoms with Gasteiger partial charge in [0.2, 0.25) is 5.91 Å². The highest BCUT2D eigenvalue weighted by Gasteiger charge is 2.41. The first-order valence-corrected chi connectivity index (χ1v) is 8.98. The summed E-state index contributed by atoms with van der Waals surface area (Å²) in [5.74, 6) is -1.37. The molecule has 1 fully saturated rings. The van der Waals surface area contributed by atoms with Crippen LogP contribution in [0.25, 0.3) is 10.1 Å². The number of ether oxygens (including phenoxy) is 1. The van der Waals surface area contributed by atoms with Gasteiger partial charge in [0.05, 0.1) is 12.0 Å². The second-order valence-electron chi connectivity index (χ2n) is 6.05. The average molecular weight is 347 g/mol. The van der Waals surface area contributed by atoms with Crippen molar-refractivity contribution in [2.45, 2.75) is 25.3 Å². The Bertz CT molecular complexity index is 741. The summed E-state index contributed by atoms with van der Waals surface area (Å²) in [5, 5.41) is 12.7. The Kier molecular flexibility index (Phi) is 5.16. The number of thiophene rings is 1. The standard InChI is InChI=1S/C18H21NO4S/c1-23-10-4-9-19-16(20)8-7-13(18(21)22)17(19)14-11-24-15-6-3-2-5-12(14)15/h2-3,5-6,11,13,17H,4,7-10H2,1H3,(H,21,22)/t13-,17-/m0/s1. The van der Waals surface area contributed by atoms with Crippen LogP contribution in [0.15, 0.2) is 29.6 Å². The van der Waals surface area contributed by atoms with Crippen molar-refractivity contribution in [1.29, 1.82) is 0 Å². The first-order chi connectivity index (χ1) is 11.6. The SMILES string of the molecule is COCCCN1C(=O)CC[C@H](C(=O)O)[C@H]1c1csc2ccccc12. The maximum Gasteiger partial charge on any atom is 0.308 e. The molecule has 1 amide bonds.